The number of ether oxygens (including phenoxy) is 3. The zero-order chi connectivity index (χ0) is 15.1. The Balaban J connectivity index is 2.27. The molecule has 0 bridgehead atoms. The first-order valence-electron chi connectivity index (χ1n) is 7.14. The second kappa shape index (κ2) is 8.21. The molecular weight excluding hydrogens is 262 g/mol. The smallest absolute Gasteiger partial charge is 0.335 e. The fraction of sp³-hybridized carbons (Fsp3) is 0.857. The van der Waals surface area contributed by atoms with E-state index in [2.05, 4.69) is 5.32 Å². The van der Waals surface area contributed by atoms with E-state index in [9.17, 15) is 9.59 Å². The second-order valence-electron chi connectivity index (χ2n) is 5.35. The largest absolute Gasteiger partial charge is 0.451 e. The highest BCUT2D eigenvalue weighted by molar-refractivity contribution is 5.84. The molecular formula is C14H25NO5. The average Bonchev–Trinajstić information content (AvgIpc) is 2.87. The molecule has 0 aromatic rings. The third kappa shape index (κ3) is 5.88. The van der Waals surface area contributed by atoms with E-state index in [1.807, 2.05) is 13.8 Å². The predicted molar refractivity (Wildman–Crippen MR) is 73.2 cm³/mol. The molecule has 1 aliphatic heterocycles. The lowest BCUT2D eigenvalue weighted by molar-refractivity contribution is -0.166. The lowest BCUT2D eigenvalue weighted by atomic mass is 10.2. The molecule has 1 fully saturated rings. The number of rotatable bonds is 7. The van der Waals surface area contributed by atoms with Gasteiger partial charge in [-0.1, -0.05) is 0 Å². The van der Waals surface area contributed by atoms with Crippen molar-refractivity contribution in [2.45, 2.75) is 64.9 Å². The number of carbonyl (C=O) groups is 2. The highest BCUT2D eigenvalue weighted by atomic mass is 16.6. The Morgan fingerprint density at radius 2 is 1.95 bits per heavy atom. The van der Waals surface area contributed by atoms with Crippen LogP contribution >= 0.6 is 0 Å². The molecule has 6 heteroatoms. The molecule has 1 heterocycles. The molecule has 0 aromatic carbocycles. The zero-order valence-electron chi connectivity index (χ0n) is 12.7. The van der Waals surface area contributed by atoms with Crippen molar-refractivity contribution in [3.05, 3.63) is 0 Å². The highest BCUT2D eigenvalue weighted by Gasteiger charge is 2.24. The van der Waals surface area contributed by atoms with Gasteiger partial charge in [0.2, 0.25) is 0 Å². The lowest BCUT2D eigenvalue weighted by Gasteiger charge is -2.19. The summed E-state index contributed by atoms with van der Waals surface area (Å²) in [7, 11) is 0. The standard InChI is InChI=1S/C14H25NO5/c1-9(2)15-13(16)10(3)20-14(17)11(4)19-8-12-6-5-7-18-12/h9-12H,5-8H2,1-4H3,(H,15,16). The van der Waals surface area contributed by atoms with Gasteiger partial charge in [-0.25, -0.2) is 4.79 Å². The molecule has 1 amide bonds. The van der Waals surface area contributed by atoms with Crippen molar-refractivity contribution >= 4 is 11.9 Å². The molecule has 0 aromatic heterocycles. The first-order chi connectivity index (χ1) is 9.40. The Morgan fingerprint density at radius 3 is 2.50 bits per heavy atom. The molecule has 3 unspecified atom stereocenters. The molecule has 6 nitrogen and oxygen atoms in total. The van der Waals surface area contributed by atoms with Crippen molar-refractivity contribution in [1.82, 2.24) is 5.32 Å². The third-order valence-electron chi connectivity index (χ3n) is 2.98. The van der Waals surface area contributed by atoms with Crippen molar-refractivity contribution in [2.24, 2.45) is 0 Å². The summed E-state index contributed by atoms with van der Waals surface area (Å²) in [6.07, 6.45) is 0.521. The van der Waals surface area contributed by atoms with Gasteiger partial charge in [-0.2, -0.15) is 0 Å². The highest BCUT2D eigenvalue weighted by Crippen LogP contribution is 2.13. The van der Waals surface area contributed by atoms with Crippen LogP contribution in [0.15, 0.2) is 0 Å². The SMILES string of the molecule is CC(C)NC(=O)C(C)OC(=O)C(C)OCC1CCCO1. The summed E-state index contributed by atoms with van der Waals surface area (Å²) in [6, 6.07) is 0.0110. The van der Waals surface area contributed by atoms with E-state index >= 15 is 0 Å². The van der Waals surface area contributed by atoms with E-state index in [1.165, 1.54) is 0 Å². The zero-order valence-corrected chi connectivity index (χ0v) is 12.7. The van der Waals surface area contributed by atoms with Gasteiger partial charge in [0.1, 0.15) is 0 Å². The molecule has 1 aliphatic rings. The van der Waals surface area contributed by atoms with Crippen molar-refractivity contribution < 1.29 is 23.8 Å². The fourth-order valence-electron chi connectivity index (χ4n) is 1.82. The Bertz CT molecular complexity index is 326. The van der Waals surface area contributed by atoms with Crippen molar-refractivity contribution in [3.63, 3.8) is 0 Å². The first-order valence-corrected chi connectivity index (χ1v) is 7.14. The van der Waals surface area contributed by atoms with E-state index in [1.54, 1.807) is 13.8 Å². The van der Waals surface area contributed by atoms with Gasteiger partial charge in [0, 0.05) is 12.6 Å². The number of amides is 1. The molecule has 1 saturated heterocycles. The summed E-state index contributed by atoms with van der Waals surface area (Å²) in [4.78, 5) is 23.4. The van der Waals surface area contributed by atoms with Crippen LogP contribution in [0.3, 0.4) is 0 Å². The van der Waals surface area contributed by atoms with Crippen LogP contribution in [0.4, 0.5) is 0 Å². The summed E-state index contributed by atoms with van der Waals surface area (Å²) in [5.74, 6) is -0.839. The van der Waals surface area contributed by atoms with Crippen LogP contribution in [-0.4, -0.2) is 49.4 Å². The summed E-state index contributed by atoms with van der Waals surface area (Å²) < 4.78 is 15.9. The molecule has 116 valence electrons. The van der Waals surface area contributed by atoms with E-state index < -0.39 is 18.2 Å². The Morgan fingerprint density at radius 1 is 1.25 bits per heavy atom. The molecule has 0 saturated carbocycles. The Kier molecular flexibility index (Phi) is 6.95. The maximum Gasteiger partial charge on any atom is 0.335 e. The summed E-state index contributed by atoms with van der Waals surface area (Å²) >= 11 is 0. The molecule has 0 aliphatic carbocycles. The van der Waals surface area contributed by atoms with E-state index in [0.717, 1.165) is 19.4 Å². The van der Waals surface area contributed by atoms with Gasteiger partial charge < -0.3 is 19.5 Å². The van der Waals surface area contributed by atoms with Gasteiger partial charge in [-0.3, -0.25) is 4.79 Å². The minimum atomic E-state index is -0.821. The maximum absolute atomic E-state index is 11.8. The van der Waals surface area contributed by atoms with Crippen LogP contribution in [0.5, 0.6) is 0 Å². The lowest BCUT2D eigenvalue weighted by Crippen LogP contribution is -2.41. The minimum absolute atomic E-state index is 0.0110. The van der Waals surface area contributed by atoms with Gasteiger partial charge in [-0.05, 0) is 40.5 Å². The maximum atomic E-state index is 11.8. The Hall–Kier alpha value is -1.14. The molecule has 3 atom stereocenters. The summed E-state index contributed by atoms with van der Waals surface area (Å²) in [5, 5.41) is 2.69. The van der Waals surface area contributed by atoms with E-state index in [4.69, 9.17) is 14.2 Å². The second-order valence-corrected chi connectivity index (χ2v) is 5.35. The van der Waals surface area contributed by atoms with Crippen LogP contribution in [0.1, 0.15) is 40.5 Å². The number of carbonyl (C=O) groups excluding carboxylic acids is 2. The average molecular weight is 287 g/mol. The van der Waals surface area contributed by atoms with E-state index in [-0.39, 0.29) is 18.1 Å². The van der Waals surface area contributed by atoms with Gasteiger partial charge in [0.15, 0.2) is 12.2 Å². The van der Waals surface area contributed by atoms with Gasteiger partial charge in [-0.15, -0.1) is 0 Å². The minimum Gasteiger partial charge on any atom is -0.451 e. The topological polar surface area (TPSA) is 73.9 Å². The normalized spacial score (nSPS) is 21.6. The van der Waals surface area contributed by atoms with Gasteiger partial charge >= 0.3 is 5.97 Å². The molecule has 1 rings (SSSR count). The van der Waals surface area contributed by atoms with Crippen molar-refractivity contribution in [1.29, 1.82) is 0 Å². The fourth-order valence-corrected chi connectivity index (χ4v) is 1.82. The quantitative estimate of drug-likeness (QED) is 0.708. The summed E-state index contributed by atoms with van der Waals surface area (Å²) in [5.41, 5.74) is 0. The van der Waals surface area contributed by atoms with Crippen LogP contribution in [0.2, 0.25) is 0 Å². The van der Waals surface area contributed by atoms with Gasteiger partial charge in [0.25, 0.3) is 5.91 Å². The van der Waals surface area contributed by atoms with Crippen molar-refractivity contribution in [2.75, 3.05) is 13.2 Å². The number of nitrogens with one attached hydrogen (secondary N) is 1. The Labute approximate surface area is 120 Å². The first kappa shape index (κ1) is 16.9. The van der Waals surface area contributed by atoms with Crippen LogP contribution < -0.4 is 5.32 Å². The molecule has 1 N–H and O–H groups in total. The van der Waals surface area contributed by atoms with Crippen LogP contribution in [0, 0.1) is 0 Å². The molecule has 0 spiro atoms. The van der Waals surface area contributed by atoms with Crippen LogP contribution in [0.25, 0.3) is 0 Å². The molecule has 20 heavy (non-hydrogen) atoms. The monoisotopic (exact) mass is 287 g/mol. The van der Waals surface area contributed by atoms with E-state index in [0.29, 0.717) is 6.61 Å². The third-order valence-corrected chi connectivity index (χ3v) is 2.98. The van der Waals surface area contributed by atoms with Crippen LogP contribution in [-0.2, 0) is 23.8 Å². The summed E-state index contributed by atoms with van der Waals surface area (Å²) in [6.45, 7) is 7.98. The van der Waals surface area contributed by atoms with Crippen molar-refractivity contribution in [3.8, 4) is 0 Å². The molecule has 0 radical (unpaired) electrons. The number of esters is 1. The predicted octanol–water partition coefficient (Wildman–Crippen LogP) is 1.03. The van der Waals surface area contributed by atoms with Gasteiger partial charge in [0.05, 0.1) is 12.7 Å². The number of hydrogen-bond acceptors (Lipinski definition) is 5. The number of hydrogen-bond donors (Lipinski definition) is 1.